The summed E-state index contributed by atoms with van der Waals surface area (Å²) < 4.78 is 3.29. The van der Waals surface area contributed by atoms with Crippen LogP contribution in [-0.4, -0.2) is 10.5 Å². The van der Waals surface area contributed by atoms with Gasteiger partial charge in [-0.2, -0.15) is 5.26 Å². The van der Waals surface area contributed by atoms with Gasteiger partial charge in [0.05, 0.1) is 0 Å². The molecule has 0 spiro atoms. The Bertz CT molecular complexity index is 1100. The van der Waals surface area contributed by atoms with Gasteiger partial charge in [-0.05, 0) is 97.0 Å². The average Bonchev–Trinajstić information content (AvgIpc) is 2.95. The number of nitriles is 1. The Kier molecular flexibility index (Phi) is 6.00. The summed E-state index contributed by atoms with van der Waals surface area (Å²) in [5.74, 6) is -0.407. The quantitative estimate of drug-likeness (QED) is 0.302. The molecule has 3 rings (SSSR count). The van der Waals surface area contributed by atoms with E-state index in [9.17, 15) is 10.1 Å². The average molecular weight is 481 g/mol. The van der Waals surface area contributed by atoms with Crippen LogP contribution in [0.1, 0.15) is 22.5 Å². The summed E-state index contributed by atoms with van der Waals surface area (Å²) in [5, 5.41) is 12.4. The standard InChI is InChI=1S/C23H20IN3O/c1-15-6-4-5-7-22(15)26-23(28)19(14-25)13-18-12-16(2)27(17(18)3)21-10-8-20(24)9-11-21/h4-13H,1-3H3,(H,26,28)/b19-13+. The molecule has 0 saturated carbocycles. The summed E-state index contributed by atoms with van der Waals surface area (Å²) in [6, 6.07) is 19.8. The van der Waals surface area contributed by atoms with Crippen molar-refractivity contribution in [2.75, 3.05) is 5.32 Å². The number of para-hydroxylation sites is 1. The molecule has 0 radical (unpaired) electrons. The summed E-state index contributed by atoms with van der Waals surface area (Å²) in [7, 11) is 0. The number of hydrogen-bond acceptors (Lipinski definition) is 2. The van der Waals surface area contributed by atoms with Crippen molar-refractivity contribution in [2.45, 2.75) is 20.8 Å². The highest BCUT2D eigenvalue weighted by molar-refractivity contribution is 14.1. The van der Waals surface area contributed by atoms with Crippen LogP contribution in [-0.2, 0) is 4.79 Å². The fourth-order valence-corrected chi connectivity index (χ4v) is 3.49. The number of amides is 1. The van der Waals surface area contributed by atoms with Crippen LogP contribution in [0.4, 0.5) is 5.69 Å². The first kappa shape index (κ1) is 19.9. The fourth-order valence-electron chi connectivity index (χ4n) is 3.13. The Morgan fingerprint density at radius 1 is 1.11 bits per heavy atom. The molecule has 1 amide bonds. The highest BCUT2D eigenvalue weighted by atomic mass is 127. The minimum Gasteiger partial charge on any atom is -0.321 e. The van der Waals surface area contributed by atoms with E-state index in [4.69, 9.17) is 0 Å². The molecule has 0 aliphatic carbocycles. The smallest absolute Gasteiger partial charge is 0.266 e. The number of nitrogens with one attached hydrogen (secondary N) is 1. The lowest BCUT2D eigenvalue weighted by Crippen LogP contribution is -2.14. The molecule has 0 aliphatic heterocycles. The molecule has 4 nitrogen and oxygen atoms in total. The van der Waals surface area contributed by atoms with E-state index in [1.165, 1.54) is 3.57 Å². The third-order valence-corrected chi connectivity index (χ3v) is 5.33. The lowest BCUT2D eigenvalue weighted by molar-refractivity contribution is -0.112. The van der Waals surface area contributed by atoms with Crippen LogP contribution < -0.4 is 5.32 Å². The van der Waals surface area contributed by atoms with E-state index in [1.54, 1.807) is 6.08 Å². The zero-order valence-electron chi connectivity index (χ0n) is 16.0. The second kappa shape index (κ2) is 8.44. The van der Waals surface area contributed by atoms with Crippen LogP contribution in [0.2, 0.25) is 0 Å². The molecule has 0 fully saturated rings. The van der Waals surface area contributed by atoms with Crippen LogP contribution in [0.3, 0.4) is 0 Å². The minimum absolute atomic E-state index is 0.0751. The van der Waals surface area contributed by atoms with Crippen LogP contribution >= 0.6 is 22.6 Å². The number of halogens is 1. The van der Waals surface area contributed by atoms with Gasteiger partial charge in [0.1, 0.15) is 11.6 Å². The van der Waals surface area contributed by atoms with Crippen molar-refractivity contribution >= 4 is 40.3 Å². The SMILES string of the molecule is Cc1ccccc1NC(=O)/C(C#N)=C/c1cc(C)n(-c2ccc(I)cc2)c1C. The van der Waals surface area contributed by atoms with E-state index >= 15 is 0 Å². The van der Waals surface area contributed by atoms with Gasteiger partial charge in [0.2, 0.25) is 0 Å². The molecule has 2 aromatic carbocycles. The molecule has 0 unspecified atom stereocenters. The van der Waals surface area contributed by atoms with Gasteiger partial charge in [0.15, 0.2) is 0 Å². The molecule has 0 aliphatic rings. The third-order valence-electron chi connectivity index (χ3n) is 4.61. The van der Waals surface area contributed by atoms with Gasteiger partial charge in [-0.3, -0.25) is 4.79 Å². The molecule has 28 heavy (non-hydrogen) atoms. The third kappa shape index (κ3) is 4.18. The van der Waals surface area contributed by atoms with Crippen molar-refractivity contribution in [1.82, 2.24) is 4.57 Å². The van der Waals surface area contributed by atoms with Crippen molar-refractivity contribution in [2.24, 2.45) is 0 Å². The van der Waals surface area contributed by atoms with Gasteiger partial charge >= 0.3 is 0 Å². The zero-order valence-corrected chi connectivity index (χ0v) is 18.1. The van der Waals surface area contributed by atoms with Crippen LogP contribution in [0.25, 0.3) is 11.8 Å². The van der Waals surface area contributed by atoms with E-state index in [-0.39, 0.29) is 5.57 Å². The number of nitrogens with zero attached hydrogens (tertiary/aromatic N) is 2. The maximum absolute atomic E-state index is 12.6. The largest absolute Gasteiger partial charge is 0.321 e. The number of anilines is 1. The number of carbonyl (C=O) groups is 1. The maximum Gasteiger partial charge on any atom is 0.266 e. The molecular weight excluding hydrogens is 461 g/mol. The summed E-state index contributed by atoms with van der Waals surface area (Å²) in [6.45, 7) is 5.92. The van der Waals surface area contributed by atoms with Crippen molar-refractivity contribution < 1.29 is 4.79 Å². The number of rotatable bonds is 4. The Morgan fingerprint density at radius 2 is 1.79 bits per heavy atom. The number of benzene rings is 2. The first-order valence-corrected chi connectivity index (χ1v) is 9.92. The minimum atomic E-state index is -0.407. The molecule has 0 atom stereocenters. The highest BCUT2D eigenvalue weighted by Crippen LogP contribution is 2.24. The summed E-state index contributed by atoms with van der Waals surface area (Å²) in [4.78, 5) is 12.6. The molecule has 1 aromatic heterocycles. The summed E-state index contributed by atoms with van der Waals surface area (Å²) >= 11 is 2.28. The lowest BCUT2D eigenvalue weighted by atomic mass is 10.1. The Morgan fingerprint density at radius 3 is 2.43 bits per heavy atom. The molecule has 3 aromatic rings. The van der Waals surface area contributed by atoms with Crippen molar-refractivity contribution in [3.05, 3.63) is 86.3 Å². The molecule has 5 heteroatoms. The van der Waals surface area contributed by atoms with E-state index in [1.807, 2.05) is 57.2 Å². The summed E-state index contributed by atoms with van der Waals surface area (Å²) in [6.07, 6.45) is 1.65. The number of aryl methyl sites for hydroxylation is 2. The van der Waals surface area contributed by atoms with Gasteiger partial charge in [0, 0.05) is 26.3 Å². The number of carbonyl (C=O) groups excluding carboxylic acids is 1. The molecule has 140 valence electrons. The van der Waals surface area contributed by atoms with E-state index in [0.717, 1.165) is 28.2 Å². The molecule has 1 N–H and O–H groups in total. The Labute approximate surface area is 178 Å². The van der Waals surface area contributed by atoms with Gasteiger partial charge in [-0.15, -0.1) is 0 Å². The van der Waals surface area contributed by atoms with Gasteiger partial charge < -0.3 is 9.88 Å². The van der Waals surface area contributed by atoms with Crippen molar-refractivity contribution in [3.63, 3.8) is 0 Å². The normalized spacial score (nSPS) is 11.2. The van der Waals surface area contributed by atoms with E-state index in [0.29, 0.717) is 5.69 Å². The maximum atomic E-state index is 12.6. The second-order valence-electron chi connectivity index (χ2n) is 6.58. The number of aromatic nitrogens is 1. The topological polar surface area (TPSA) is 57.8 Å². The molecule has 1 heterocycles. The van der Waals surface area contributed by atoms with E-state index < -0.39 is 5.91 Å². The Hall–Kier alpha value is -2.85. The predicted molar refractivity (Wildman–Crippen MR) is 121 cm³/mol. The first-order chi connectivity index (χ1) is 13.4. The van der Waals surface area contributed by atoms with Crippen LogP contribution in [0, 0.1) is 35.7 Å². The fraction of sp³-hybridized carbons (Fsp3) is 0.130. The Balaban J connectivity index is 1.94. The first-order valence-electron chi connectivity index (χ1n) is 8.84. The van der Waals surface area contributed by atoms with Crippen LogP contribution in [0.5, 0.6) is 0 Å². The predicted octanol–water partition coefficient (Wildman–Crippen LogP) is 5.55. The van der Waals surface area contributed by atoms with Crippen molar-refractivity contribution in [3.8, 4) is 11.8 Å². The van der Waals surface area contributed by atoms with Crippen LogP contribution in [0.15, 0.2) is 60.2 Å². The monoisotopic (exact) mass is 481 g/mol. The van der Waals surface area contributed by atoms with Gasteiger partial charge in [-0.25, -0.2) is 0 Å². The van der Waals surface area contributed by atoms with Gasteiger partial charge in [0.25, 0.3) is 5.91 Å². The van der Waals surface area contributed by atoms with E-state index in [2.05, 4.69) is 56.7 Å². The number of hydrogen-bond donors (Lipinski definition) is 1. The van der Waals surface area contributed by atoms with Gasteiger partial charge in [-0.1, -0.05) is 18.2 Å². The zero-order chi connectivity index (χ0) is 20.3. The molecule has 0 bridgehead atoms. The molecular formula is C23H20IN3O. The van der Waals surface area contributed by atoms with Crippen molar-refractivity contribution in [1.29, 1.82) is 5.26 Å². The second-order valence-corrected chi connectivity index (χ2v) is 7.82. The summed E-state index contributed by atoms with van der Waals surface area (Å²) in [5.41, 5.74) is 5.66. The molecule has 0 saturated heterocycles. The lowest BCUT2D eigenvalue weighted by Gasteiger charge is -2.10. The highest BCUT2D eigenvalue weighted by Gasteiger charge is 2.14.